The second kappa shape index (κ2) is 8.91. The summed E-state index contributed by atoms with van der Waals surface area (Å²) in [4.78, 5) is 15.6. The number of carbonyl (C=O) groups excluding carboxylic acids is 1. The minimum atomic E-state index is -4.80. The van der Waals surface area contributed by atoms with Gasteiger partial charge in [-0.05, 0) is 24.3 Å². The van der Waals surface area contributed by atoms with E-state index in [1.54, 1.807) is 47.4 Å². The van der Waals surface area contributed by atoms with E-state index in [0.717, 1.165) is 5.69 Å². The number of benzene rings is 2. The number of hydrogen-bond donors (Lipinski definition) is 0. The van der Waals surface area contributed by atoms with E-state index in [0.29, 0.717) is 42.7 Å². The molecule has 1 fully saturated rings. The second-order valence-corrected chi connectivity index (χ2v) is 7.75. The van der Waals surface area contributed by atoms with Gasteiger partial charge in [0.2, 0.25) is 0 Å². The number of aromatic nitrogens is 2. The van der Waals surface area contributed by atoms with Crippen molar-refractivity contribution in [1.29, 1.82) is 0 Å². The zero-order valence-corrected chi connectivity index (χ0v) is 17.5. The standard InChI is InChI=1S/C22H19ClF4N4O/c23-19-20(15-4-2-1-3-5-15)28-31(21(19)22(25,26)27)18(14-32)30-12-10-29(11-13-30)17-8-6-16(24)7-9-17/h1-9,14,18H,10-13H2. The number of piperazine rings is 1. The molecule has 0 radical (unpaired) electrons. The zero-order valence-electron chi connectivity index (χ0n) is 16.8. The minimum absolute atomic E-state index is 0.0311. The summed E-state index contributed by atoms with van der Waals surface area (Å²) in [6.45, 7) is 1.54. The third kappa shape index (κ3) is 4.35. The number of halogens is 5. The molecule has 4 rings (SSSR count). The molecule has 0 aliphatic carbocycles. The van der Waals surface area contributed by atoms with Crippen molar-refractivity contribution in [2.24, 2.45) is 0 Å². The molecule has 2 heterocycles. The van der Waals surface area contributed by atoms with E-state index in [-0.39, 0.29) is 11.5 Å². The third-order valence-corrected chi connectivity index (χ3v) is 5.78. The number of hydrogen-bond acceptors (Lipinski definition) is 4. The van der Waals surface area contributed by atoms with E-state index in [4.69, 9.17) is 11.6 Å². The molecule has 5 nitrogen and oxygen atoms in total. The van der Waals surface area contributed by atoms with Crippen LogP contribution in [0.2, 0.25) is 5.02 Å². The van der Waals surface area contributed by atoms with Crippen LogP contribution in [0, 0.1) is 5.82 Å². The average Bonchev–Trinajstić information content (AvgIpc) is 3.13. The summed E-state index contributed by atoms with van der Waals surface area (Å²) in [7, 11) is 0. The van der Waals surface area contributed by atoms with Gasteiger partial charge in [0, 0.05) is 37.4 Å². The summed E-state index contributed by atoms with van der Waals surface area (Å²) in [6.07, 6.45) is -5.62. The quantitative estimate of drug-likeness (QED) is 0.397. The van der Waals surface area contributed by atoms with Crippen molar-refractivity contribution in [3.8, 4) is 11.3 Å². The lowest BCUT2D eigenvalue weighted by molar-refractivity contribution is -0.147. The molecule has 1 saturated heterocycles. The van der Waals surface area contributed by atoms with Gasteiger partial charge >= 0.3 is 6.18 Å². The Labute approximate surface area is 186 Å². The van der Waals surface area contributed by atoms with E-state index >= 15 is 0 Å². The summed E-state index contributed by atoms with van der Waals surface area (Å²) in [5, 5.41) is 3.58. The van der Waals surface area contributed by atoms with Crippen molar-refractivity contribution in [2.75, 3.05) is 31.1 Å². The predicted molar refractivity (Wildman–Crippen MR) is 113 cm³/mol. The number of anilines is 1. The molecule has 168 valence electrons. The Morgan fingerprint density at radius 3 is 2.16 bits per heavy atom. The summed E-state index contributed by atoms with van der Waals surface area (Å²) >= 11 is 6.13. The van der Waals surface area contributed by atoms with Gasteiger partial charge in [-0.25, -0.2) is 9.07 Å². The van der Waals surface area contributed by atoms with Crippen LogP contribution < -0.4 is 4.90 Å². The van der Waals surface area contributed by atoms with Gasteiger partial charge in [0.15, 0.2) is 18.1 Å². The summed E-state index contributed by atoms with van der Waals surface area (Å²) in [5.74, 6) is -0.349. The molecule has 0 bridgehead atoms. The molecule has 0 spiro atoms. The lowest BCUT2D eigenvalue weighted by atomic mass is 10.1. The maximum absolute atomic E-state index is 13.9. The molecule has 1 unspecified atom stereocenters. The average molecular weight is 467 g/mol. The smallest absolute Gasteiger partial charge is 0.369 e. The van der Waals surface area contributed by atoms with Crippen molar-refractivity contribution in [3.05, 3.63) is 71.1 Å². The first kappa shape index (κ1) is 22.3. The number of carbonyl (C=O) groups is 1. The van der Waals surface area contributed by atoms with E-state index in [9.17, 15) is 22.4 Å². The fraction of sp³-hybridized carbons (Fsp3) is 0.273. The maximum atomic E-state index is 13.9. The molecule has 1 aliphatic heterocycles. The van der Waals surface area contributed by atoms with E-state index in [2.05, 4.69) is 5.10 Å². The van der Waals surface area contributed by atoms with Crippen molar-refractivity contribution >= 4 is 23.6 Å². The Balaban J connectivity index is 1.63. The Hall–Kier alpha value is -2.91. The van der Waals surface area contributed by atoms with E-state index in [1.807, 2.05) is 4.90 Å². The van der Waals surface area contributed by atoms with Gasteiger partial charge in [0.1, 0.15) is 11.5 Å². The summed E-state index contributed by atoms with van der Waals surface area (Å²) in [5.41, 5.74) is 0.0400. The van der Waals surface area contributed by atoms with Gasteiger partial charge in [0.25, 0.3) is 0 Å². The van der Waals surface area contributed by atoms with Crippen LogP contribution in [-0.2, 0) is 11.0 Å². The number of nitrogens with zero attached hydrogens (tertiary/aromatic N) is 4. The first-order valence-electron chi connectivity index (χ1n) is 9.90. The molecule has 0 saturated carbocycles. The Kier molecular flexibility index (Phi) is 6.21. The number of alkyl halides is 3. The number of aldehydes is 1. The first-order valence-corrected chi connectivity index (χ1v) is 10.3. The molecule has 3 aromatic rings. The largest absolute Gasteiger partial charge is 0.434 e. The third-order valence-electron chi connectivity index (χ3n) is 5.42. The van der Waals surface area contributed by atoms with Gasteiger partial charge in [0.05, 0.1) is 5.02 Å². The Morgan fingerprint density at radius 1 is 0.969 bits per heavy atom. The van der Waals surface area contributed by atoms with Crippen LogP contribution in [0.3, 0.4) is 0 Å². The van der Waals surface area contributed by atoms with Crippen LogP contribution in [0.15, 0.2) is 54.6 Å². The Bertz CT molecular complexity index is 1080. The van der Waals surface area contributed by atoms with Crippen LogP contribution in [0.4, 0.5) is 23.2 Å². The van der Waals surface area contributed by atoms with Gasteiger partial charge in [-0.15, -0.1) is 0 Å². The fourth-order valence-electron chi connectivity index (χ4n) is 3.84. The molecule has 0 N–H and O–H groups in total. The van der Waals surface area contributed by atoms with Crippen molar-refractivity contribution < 1.29 is 22.4 Å². The van der Waals surface area contributed by atoms with Crippen LogP contribution in [0.25, 0.3) is 11.3 Å². The zero-order chi connectivity index (χ0) is 22.9. The SMILES string of the molecule is O=CC(N1CCN(c2ccc(F)cc2)CC1)n1nc(-c2ccccc2)c(Cl)c1C(F)(F)F. The minimum Gasteiger partial charge on any atom is -0.369 e. The van der Waals surface area contributed by atoms with Crippen LogP contribution >= 0.6 is 11.6 Å². The monoisotopic (exact) mass is 466 g/mol. The molecule has 10 heteroatoms. The highest BCUT2D eigenvalue weighted by Crippen LogP contribution is 2.41. The molecule has 0 amide bonds. The molecule has 1 atom stereocenters. The highest BCUT2D eigenvalue weighted by Gasteiger charge is 2.42. The summed E-state index contributed by atoms with van der Waals surface area (Å²) < 4.78 is 55.5. The normalized spacial score (nSPS) is 16.2. The topological polar surface area (TPSA) is 41.4 Å². The highest BCUT2D eigenvalue weighted by molar-refractivity contribution is 6.33. The van der Waals surface area contributed by atoms with Crippen LogP contribution in [0.1, 0.15) is 11.9 Å². The lowest BCUT2D eigenvalue weighted by Crippen LogP contribution is -2.50. The lowest BCUT2D eigenvalue weighted by Gasteiger charge is -2.38. The first-order chi connectivity index (χ1) is 15.3. The fourth-order valence-corrected chi connectivity index (χ4v) is 4.18. The van der Waals surface area contributed by atoms with Crippen molar-refractivity contribution in [1.82, 2.24) is 14.7 Å². The van der Waals surface area contributed by atoms with Crippen molar-refractivity contribution in [3.63, 3.8) is 0 Å². The maximum Gasteiger partial charge on any atom is 0.434 e. The van der Waals surface area contributed by atoms with E-state index < -0.39 is 23.1 Å². The van der Waals surface area contributed by atoms with E-state index in [1.165, 1.54) is 12.1 Å². The summed E-state index contributed by atoms with van der Waals surface area (Å²) in [6, 6.07) is 14.3. The van der Waals surface area contributed by atoms with Gasteiger partial charge in [-0.2, -0.15) is 18.3 Å². The number of rotatable bonds is 5. The van der Waals surface area contributed by atoms with Gasteiger partial charge < -0.3 is 4.90 Å². The van der Waals surface area contributed by atoms with Crippen LogP contribution in [-0.4, -0.2) is 47.1 Å². The molecule has 1 aromatic heterocycles. The van der Waals surface area contributed by atoms with Gasteiger partial charge in [-0.3, -0.25) is 9.69 Å². The molecular formula is C22H19ClF4N4O. The molecular weight excluding hydrogens is 448 g/mol. The van der Waals surface area contributed by atoms with Gasteiger partial charge in [-0.1, -0.05) is 41.9 Å². The highest BCUT2D eigenvalue weighted by atomic mass is 35.5. The molecule has 32 heavy (non-hydrogen) atoms. The van der Waals surface area contributed by atoms with Crippen molar-refractivity contribution in [2.45, 2.75) is 12.3 Å². The Morgan fingerprint density at radius 2 is 1.59 bits per heavy atom. The molecule has 1 aliphatic rings. The van der Waals surface area contributed by atoms with Crippen LogP contribution in [0.5, 0.6) is 0 Å². The molecule has 2 aromatic carbocycles. The predicted octanol–water partition coefficient (Wildman–Crippen LogP) is 4.88. The second-order valence-electron chi connectivity index (χ2n) is 7.37.